The molecule has 0 aromatic heterocycles. The minimum absolute atomic E-state index is 0.167. The Balaban J connectivity index is 2.03. The molecule has 3 nitrogen and oxygen atoms in total. The fraction of sp³-hybridized carbons (Fsp3) is 0.235. The molecule has 0 heterocycles. The predicted octanol–water partition coefficient (Wildman–Crippen LogP) is 4.91. The van der Waals surface area contributed by atoms with Gasteiger partial charge >= 0.3 is 0 Å². The molecule has 2 aromatic carbocycles. The average Bonchev–Trinajstić information content (AvgIpc) is 2.50. The van der Waals surface area contributed by atoms with Crippen LogP contribution in [0.3, 0.4) is 0 Å². The van der Waals surface area contributed by atoms with Crippen molar-refractivity contribution in [2.24, 2.45) is 0 Å². The van der Waals surface area contributed by atoms with Gasteiger partial charge in [-0.3, -0.25) is 4.79 Å². The molecule has 0 fully saturated rings. The van der Waals surface area contributed by atoms with E-state index in [1.54, 1.807) is 18.2 Å². The van der Waals surface area contributed by atoms with E-state index < -0.39 is 0 Å². The number of aryl methyl sites for hydroxylation is 2. The molecule has 0 saturated carbocycles. The topological polar surface area (TPSA) is 41.1 Å². The van der Waals surface area contributed by atoms with Gasteiger partial charge in [-0.15, -0.1) is 0 Å². The fourth-order valence-corrected chi connectivity index (χ4v) is 2.59. The van der Waals surface area contributed by atoms with E-state index in [-0.39, 0.29) is 12.5 Å². The number of hydrogen-bond donors (Lipinski definition) is 2. The molecule has 0 bridgehead atoms. The quantitative estimate of drug-likeness (QED) is 0.813. The van der Waals surface area contributed by atoms with Crippen LogP contribution in [0.5, 0.6) is 0 Å². The summed E-state index contributed by atoms with van der Waals surface area (Å²) in [5.41, 5.74) is 3.83. The van der Waals surface area contributed by atoms with Gasteiger partial charge in [0.05, 0.1) is 22.3 Å². The van der Waals surface area contributed by atoms with Crippen LogP contribution in [-0.4, -0.2) is 12.5 Å². The van der Waals surface area contributed by atoms with Gasteiger partial charge in [0, 0.05) is 5.69 Å². The first-order chi connectivity index (χ1) is 10.5. The Morgan fingerprint density at radius 3 is 2.59 bits per heavy atom. The van der Waals surface area contributed by atoms with Crippen LogP contribution in [-0.2, 0) is 11.2 Å². The van der Waals surface area contributed by atoms with Crippen LogP contribution in [0.15, 0.2) is 36.4 Å². The van der Waals surface area contributed by atoms with Gasteiger partial charge in [0.25, 0.3) is 0 Å². The summed E-state index contributed by atoms with van der Waals surface area (Å²) in [6.45, 7) is 4.28. The predicted molar refractivity (Wildman–Crippen MR) is 94.1 cm³/mol. The molecule has 0 saturated heterocycles. The first-order valence-electron chi connectivity index (χ1n) is 7.09. The third-order valence-corrected chi connectivity index (χ3v) is 4.21. The van der Waals surface area contributed by atoms with Gasteiger partial charge in [0.2, 0.25) is 5.91 Å². The third-order valence-electron chi connectivity index (χ3n) is 3.39. The number of benzene rings is 2. The Labute approximate surface area is 140 Å². The van der Waals surface area contributed by atoms with E-state index in [1.165, 1.54) is 5.56 Å². The summed E-state index contributed by atoms with van der Waals surface area (Å²) in [6, 6.07) is 11.2. The smallest absolute Gasteiger partial charge is 0.243 e. The number of para-hydroxylation sites is 1. The second-order valence-electron chi connectivity index (χ2n) is 4.97. The van der Waals surface area contributed by atoms with Crippen LogP contribution < -0.4 is 10.6 Å². The maximum atomic E-state index is 12.1. The second-order valence-corrected chi connectivity index (χ2v) is 5.75. The first-order valence-corrected chi connectivity index (χ1v) is 7.84. The largest absolute Gasteiger partial charge is 0.376 e. The number of halogens is 2. The molecule has 0 unspecified atom stereocenters. The van der Waals surface area contributed by atoms with Crippen LogP contribution in [0.1, 0.15) is 18.1 Å². The Morgan fingerprint density at radius 1 is 1.14 bits per heavy atom. The summed E-state index contributed by atoms with van der Waals surface area (Å²) in [5.74, 6) is -0.172. The minimum Gasteiger partial charge on any atom is -0.376 e. The number of rotatable bonds is 5. The van der Waals surface area contributed by atoms with Crippen LogP contribution in [0, 0.1) is 6.92 Å². The Hall–Kier alpha value is -1.71. The maximum absolute atomic E-state index is 12.1. The molecule has 2 rings (SSSR count). The average molecular weight is 337 g/mol. The van der Waals surface area contributed by atoms with Crippen molar-refractivity contribution in [3.05, 3.63) is 57.6 Å². The maximum Gasteiger partial charge on any atom is 0.243 e. The van der Waals surface area contributed by atoms with E-state index in [4.69, 9.17) is 23.2 Å². The molecule has 0 spiro atoms. The Bertz CT molecular complexity index is 686. The van der Waals surface area contributed by atoms with Crippen molar-refractivity contribution in [1.82, 2.24) is 0 Å². The lowest BCUT2D eigenvalue weighted by Crippen LogP contribution is -2.22. The van der Waals surface area contributed by atoms with Crippen molar-refractivity contribution in [2.75, 3.05) is 17.2 Å². The lowest BCUT2D eigenvalue weighted by atomic mass is 10.1. The SMILES string of the molecule is CCc1cccc(C)c1NCC(=O)Nc1cccc(Cl)c1Cl. The van der Waals surface area contributed by atoms with Gasteiger partial charge in [0.15, 0.2) is 0 Å². The lowest BCUT2D eigenvalue weighted by Gasteiger charge is -2.14. The van der Waals surface area contributed by atoms with Gasteiger partial charge in [-0.2, -0.15) is 0 Å². The van der Waals surface area contributed by atoms with E-state index in [1.807, 2.05) is 19.1 Å². The highest BCUT2D eigenvalue weighted by molar-refractivity contribution is 6.44. The molecule has 2 N–H and O–H groups in total. The number of hydrogen-bond acceptors (Lipinski definition) is 2. The van der Waals surface area contributed by atoms with Crippen LogP contribution in [0.2, 0.25) is 10.0 Å². The molecule has 5 heteroatoms. The molecule has 116 valence electrons. The molecule has 0 aliphatic rings. The Morgan fingerprint density at radius 2 is 1.86 bits per heavy atom. The molecule has 0 aliphatic heterocycles. The number of carbonyl (C=O) groups is 1. The van der Waals surface area contributed by atoms with Gasteiger partial charge in [-0.25, -0.2) is 0 Å². The summed E-state index contributed by atoms with van der Waals surface area (Å²) in [7, 11) is 0. The second kappa shape index (κ2) is 7.52. The van der Waals surface area contributed by atoms with Gasteiger partial charge in [-0.1, -0.05) is 54.4 Å². The molecule has 0 atom stereocenters. The van der Waals surface area contributed by atoms with E-state index >= 15 is 0 Å². The van der Waals surface area contributed by atoms with E-state index in [0.29, 0.717) is 15.7 Å². The zero-order valence-corrected chi connectivity index (χ0v) is 14.1. The summed E-state index contributed by atoms with van der Waals surface area (Å²) in [6.07, 6.45) is 0.908. The fourth-order valence-electron chi connectivity index (χ4n) is 2.24. The van der Waals surface area contributed by atoms with Crippen molar-refractivity contribution >= 4 is 40.5 Å². The molecule has 0 radical (unpaired) electrons. The van der Waals surface area contributed by atoms with Gasteiger partial charge in [-0.05, 0) is 36.6 Å². The molecule has 0 aliphatic carbocycles. The molecule has 1 amide bonds. The van der Waals surface area contributed by atoms with E-state index in [2.05, 4.69) is 23.6 Å². The summed E-state index contributed by atoms with van der Waals surface area (Å²) < 4.78 is 0. The summed E-state index contributed by atoms with van der Waals surface area (Å²) in [5, 5.41) is 6.72. The standard InChI is InChI=1S/C17H18Cl2N2O/c1-3-12-7-4-6-11(2)17(12)20-10-15(22)21-14-9-5-8-13(18)16(14)19/h4-9,20H,3,10H2,1-2H3,(H,21,22). The molecule has 22 heavy (non-hydrogen) atoms. The van der Waals surface area contributed by atoms with Crippen LogP contribution in [0.25, 0.3) is 0 Å². The zero-order chi connectivity index (χ0) is 16.1. The summed E-state index contributed by atoms with van der Waals surface area (Å²) in [4.78, 5) is 12.1. The monoisotopic (exact) mass is 336 g/mol. The highest BCUT2D eigenvalue weighted by Crippen LogP contribution is 2.29. The zero-order valence-electron chi connectivity index (χ0n) is 12.5. The highest BCUT2D eigenvalue weighted by atomic mass is 35.5. The number of carbonyl (C=O) groups excluding carboxylic acids is 1. The van der Waals surface area contributed by atoms with Crippen molar-refractivity contribution in [1.29, 1.82) is 0 Å². The summed E-state index contributed by atoms with van der Waals surface area (Å²) >= 11 is 12.0. The molecule has 2 aromatic rings. The van der Waals surface area contributed by atoms with Gasteiger partial charge in [0.1, 0.15) is 0 Å². The van der Waals surface area contributed by atoms with Crippen molar-refractivity contribution in [3.63, 3.8) is 0 Å². The van der Waals surface area contributed by atoms with E-state index in [0.717, 1.165) is 17.7 Å². The molecular formula is C17H18Cl2N2O. The van der Waals surface area contributed by atoms with Crippen LogP contribution >= 0.6 is 23.2 Å². The van der Waals surface area contributed by atoms with Crippen molar-refractivity contribution in [2.45, 2.75) is 20.3 Å². The van der Waals surface area contributed by atoms with Gasteiger partial charge < -0.3 is 10.6 Å². The first kappa shape index (κ1) is 16.7. The number of amides is 1. The number of anilines is 2. The third kappa shape index (κ3) is 3.93. The Kier molecular flexibility index (Phi) is 5.69. The highest BCUT2D eigenvalue weighted by Gasteiger charge is 2.10. The minimum atomic E-state index is -0.172. The van der Waals surface area contributed by atoms with Crippen molar-refractivity contribution < 1.29 is 4.79 Å². The number of nitrogens with one attached hydrogen (secondary N) is 2. The van der Waals surface area contributed by atoms with Crippen molar-refractivity contribution in [3.8, 4) is 0 Å². The molecular weight excluding hydrogens is 319 g/mol. The van der Waals surface area contributed by atoms with Crippen LogP contribution in [0.4, 0.5) is 11.4 Å². The van der Waals surface area contributed by atoms with E-state index in [9.17, 15) is 4.79 Å². The normalized spacial score (nSPS) is 10.4. The lowest BCUT2D eigenvalue weighted by molar-refractivity contribution is -0.114.